The minimum Gasteiger partial charge on any atom is -0.383 e. The summed E-state index contributed by atoms with van der Waals surface area (Å²) in [7, 11) is 1.84. The van der Waals surface area contributed by atoms with Crippen molar-refractivity contribution in [2.24, 2.45) is 7.05 Å². The first-order valence-corrected chi connectivity index (χ1v) is 9.07. The van der Waals surface area contributed by atoms with Gasteiger partial charge in [0.2, 0.25) is 0 Å². The van der Waals surface area contributed by atoms with Crippen LogP contribution in [-0.4, -0.2) is 77.2 Å². The van der Waals surface area contributed by atoms with Gasteiger partial charge in [-0.05, 0) is 6.07 Å². The number of hydrogen-bond donors (Lipinski definition) is 2. The minimum atomic E-state index is -0.237. The Kier molecular flexibility index (Phi) is 5.06. The number of nitrogens with two attached hydrogens (primary N) is 1. The molecule has 2 aromatic heterocycles. The van der Waals surface area contributed by atoms with Crippen LogP contribution in [-0.2, 0) is 16.5 Å². The van der Waals surface area contributed by atoms with Crippen LogP contribution < -0.4 is 11.1 Å². The van der Waals surface area contributed by atoms with Crippen molar-refractivity contribution < 1.29 is 14.3 Å². The number of carbonyl (C=O) groups excluding carboxylic acids is 1. The third-order valence-corrected chi connectivity index (χ3v) is 5.08. The summed E-state index contributed by atoms with van der Waals surface area (Å²) in [5, 5.41) is 7.24. The van der Waals surface area contributed by atoms with Crippen LogP contribution in [0.25, 0.3) is 11.1 Å². The van der Waals surface area contributed by atoms with Gasteiger partial charge in [-0.15, -0.1) is 0 Å². The summed E-state index contributed by atoms with van der Waals surface area (Å²) in [5.41, 5.74) is 8.02. The molecular weight excluding hydrogens is 348 g/mol. The Hall–Kier alpha value is -2.49. The molecular formula is C18H24N6O3. The molecule has 2 aromatic rings. The topological polar surface area (TPSA) is 108 Å². The molecule has 9 nitrogen and oxygen atoms in total. The number of nitrogens with one attached hydrogen (secondary N) is 1. The van der Waals surface area contributed by atoms with E-state index in [1.807, 2.05) is 13.2 Å². The number of pyridine rings is 1. The average molecular weight is 372 g/mol. The van der Waals surface area contributed by atoms with Gasteiger partial charge in [0.25, 0.3) is 5.91 Å². The zero-order valence-electron chi connectivity index (χ0n) is 15.3. The Morgan fingerprint density at radius 3 is 2.78 bits per heavy atom. The molecule has 9 heteroatoms. The number of aryl methyl sites for hydroxylation is 1. The number of hydrogen-bond acceptors (Lipinski definition) is 7. The number of amides is 1. The van der Waals surface area contributed by atoms with Gasteiger partial charge in [0, 0.05) is 43.7 Å². The molecule has 4 heterocycles. The number of morpholine rings is 1. The molecule has 0 spiro atoms. The Balaban J connectivity index is 1.50. The van der Waals surface area contributed by atoms with Gasteiger partial charge in [-0.1, -0.05) is 0 Å². The Morgan fingerprint density at radius 1 is 1.22 bits per heavy atom. The zero-order valence-corrected chi connectivity index (χ0v) is 15.3. The molecule has 1 amide bonds. The van der Waals surface area contributed by atoms with E-state index in [0.717, 1.165) is 24.2 Å². The molecule has 144 valence electrons. The summed E-state index contributed by atoms with van der Waals surface area (Å²) >= 11 is 0. The minimum absolute atomic E-state index is 0.0861. The second kappa shape index (κ2) is 7.63. The van der Waals surface area contributed by atoms with E-state index in [-0.39, 0.29) is 23.8 Å². The first kappa shape index (κ1) is 17.9. The quantitative estimate of drug-likeness (QED) is 0.771. The van der Waals surface area contributed by atoms with Crippen molar-refractivity contribution >= 4 is 11.7 Å². The monoisotopic (exact) mass is 372 g/mol. The molecule has 0 bridgehead atoms. The second-order valence-electron chi connectivity index (χ2n) is 6.89. The molecule has 0 aromatic carbocycles. The third-order valence-electron chi connectivity index (χ3n) is 5.08. The van der Waals surface area contributed by atoms with Crippen LogP contribution in [0.5, 0.6) is 0 Å². The van der Waals surface area contributed by atoms with Crippen LogP contribution in [0.4, 0.5) is 5.82 Å². The van der Waals surface area contributed by atoms with Gasteiger partial charge in [-0.2, -0.15) is 5.10 Å². The predicted molar refractivity (Wildman–Crippen MR) is 99.1 cm³/mol. The molecule has 0 saturated carbocycles. The van der Waals surface area contributed by atoms with Crippen molar-refractivity contribution in [1.29, 1.82) is 0 Å². The smallest absolute Gasteiger partial charge is 0.255 e. The van der Waals surface area contributed by atoms with Gasteiger partial charge in [0.05, 0.1) is 50.3 Å². The average Bonchev–Trinajstić information content (AvgIpc) is 3.32. The number of nitrogens with zero attached hydrogens (tertiary/aromatic N) is 4. The van der Waals surface area contributed by atoms with Gasteiger partial charge >= 0.3 is 0 Å². The highest BCUT2D eigenvalue weighted by Gasteiger charge is 2.35. The van der Waals surface area contributed by atoms with E-state index in [1.54, 1.807) is 23.1 Å². The first-order valence-electron chi connectivity index (χ1n) is 9.07. The number of rotatable bonds is 4. The van der Waals surface area contributed by atoms with Crippen molar-refractivity contribution in [3.05, 3.63) is 30.2 Å². The number of aromatic nitrogens is 3. The molecule has 2 atom stereocenters. The molecule has 4 rings (SSSR count). The molecule has 3 N–H and O–H groups in total. The van der Waals surface area contributed by atoms with Gasteiger partial charge in [0.1, 0.15) is 5.82 Å². The van der Waals surface area contributed by atoms with Gasteiger partial charge < -0.3 is 20.5 Å². The van der Waals surface area contributed by atoms with E-state index < -0.39 is 0 Å². The SMILES string of the molecule is Cn1cc(-c2cnc(N)c(C(=O)N[C@@H]3COC[C@H]3N3CCOCC3)c2)cn1. The van der Waals surface area contributed by atoms with Crippen molar-refractivity contribution in [2.75, 3.05) is 45.3 Å². The fourth-order valence-electron chi connectivity index (χ4n) is 3.58. The number of ether oxygens (including phenoxy) is 2. The lowest BCUT2D eigenvalue weighted by atomic mass is 10.1. The Labute approximate surface area is 157 Å². The van der Waals surface area contributed by atoms with Crippen molar-refractivity contribution in [2.45, 2.75) is 12.1 Å². The fraction of sp³-hybridized carbons (Fsp3) is 0.500. The maximum absolute atomic E-state index is 12.9. The lowest BCUT2D eigenvalue weighted by Gasteiger charge is -2.34. The van der Waals surface area contributed by atoms with Crippen LogP contribution in [0.2, 0.25) is 0 Å². The van der Waals surface area contributed by atoms with E-state index in [4.69, 9.17) is 15.2 Å². The lowest BCUT2D eigenvalue weighted by Crippen LogP contribution is -2.54. The first-order chi connectivity index (χ1) is 13.1. The molecule has 2 saturated heterocycles. The maximum atomic E-state index is 12.9. The standard InChI is InChI=1S/C18H24N6O3/c1-23-9-13(8-21-23)12-6-14(17(19)20-7-12)18(25)22-15-10-27-11-16(15)24-2-4-26-5-3-24/h6-9,15-16H,2-5,10-11H2,1H3,(H2,19,20)(H,22,25)/t15-,16-/m1/s1. The molecule has 2 aliphatic heterocycles. The van der Waals surface area contributed by atoms with Gasteiger partial charge in [0.15, 0.2) is 0 Å². The van der Waals surface area contributed by atoms with E-state index in [2.05, 4.69) is 20.3 Å². The zero-order chi connectivity index (χ0) is 18.8. The summed E-state index contributed by atoms with van der Waals surface area (Å²) < 4.78 is 12.7. The molecule has 27 heavy (non-hydrogen) atoms. The summed E-state index contributed by atoms with van der Waals surface area (Å²) in [6, 6.07) is 1.82. The number of nitrogen functional groups attached to an aromatic ring is 1. The lowest BCUT2D eigenvalue weighted by molar-refractivity contribution is 0.0108. The Morgan fingerprint density at radius 2 is 2.04 bits per heavy atom. The van der Waals surface area contributed by atoms with Crippen LogP contribution >= 0.6 is 0 Å². The highest BCUT2D eigenvalue weighted by Crippen LogP contribution is 2.22. The summed E-state index contributed by atoms with van der Waals surface area (Å²) in [6.45, 7) is 4.21. The van der Waals surface area contributed by atoms with E-state index in [0.29, 0.717) is 32.0 Å². The third kappa shape index (κ3) is 3.80. The van der Waals surface area contributed by atoms with Crippen LogP contribution in [0.3, 0.4) is 0 Å². The van der Waals surface area contributed by atoms with E-state index in [9.17, 15) is 4.79 Å². The molecule has 0 aliphatic carbocycles. The van der Waals surface area contributed by atoms with Crippen LogP contribution in [0.1, 0.15) is 10.4 Å². The summed E-state index contributed by atoms with van der Waals surface area (Å²) in [5.74, 6) is -0.0264. The van der Waals surface area contributed by atoms with Gasteiger partial charge in [-0.3, -0.25) is 14.4 Å². The molecule has 2 fully saturated rings. The predicted octanol–water partition coefficient (Wildman–Crippen LogP) is -0.106. The fourth-order valence-corrected chi connectivity index (χ4v) is 3.58. The normalized spacial score (nSPS) is 23.4. The van der Waals surface area contributed by atoms with Gasteiger partial charge in [-0.25, -0.2) is 4.98 Å². The summed E-state index contributed by atoms with van der Waals surface area (Å²) in [4.78, 5) is 19.4. The largest absolute Gasteiger partial charge is 0.383 e. The van der Waals surface area contributed by atoms with E-state index >= 15 is 0 Å². The highest BCUT2D eigenvalue weighted by atomic mass is 16.5. The van der Waals surface area contributed by atoms with E-state index in [1.165, 1.54) is 0 Å². The van der Waals surface area contributed by atoms with Crippen molar-refractivity contribution in [3.63, 3.8) is 0 Å². The second-order valence-corrected chi connectivity index (χ2v) is 6.89. The number of anilines is 1. The molecule has 0 unspecified atom stereocenters. The van der Waals surface area contributed by atoms with Crippen molar-refractivity contribution in [3.8, 4) is 11.1 Å². The maximum Gasteiger partial charge on any atom is 0.255 e. The van der Waals surface area contributed by atoms with Crippen molar-refractivity contribution in [1.82, 2.24) is 25.0 Å². The molecule has 2 aliphatic rings. The van der Waals surface area contributed by atoms with Crippen LogP contribution in [0.15, 0.2) is 24.7 Å². The molecule has 0 radical (unpaired) electrons. The van der Waals surface area contributed by atoms with Crippen LogP contribution in [0, 0.1) is 0 Å². The highest BCUT2D eigenvalue weighted by molar-refractivity contribution is 5.99. The Bertz CT molecular complexity index is 817. The number of carbonyl (C=O) groups is 1. The summed E-state index contributed by atoms with van der Waals surface area (Å²) in [6.07, 6.45) is 5.25.